The fraction of sp³-hybridized carbons (Fsp3) is 0.818. The molecule has 2 unspecified atom stereocenters. The minimum absolute atomic E-state index is 0.573. The van der Waals surface area contributed by atoms with E-state index in [4.69, 9.17) is 0 Å². The van der Waals surface area contributed by atoms with Crippen molar-refractivity contribution in [3.8, 4) is 0 Å². The van der Waals surface area contributed by atoms with Gasteiger partial charge in [0.15, 0.2) is 4.34 Å². The zero-order valence-electron chi connectivity index (χ0n) is 10.5. The Balaban J connectivity index is 2.43. The lowest BCUT2D eigenvalue weighted by Gasteiger charge is -2.22. The Kier molecular flexibility index (Phi) is 6.31. The standard InChI is InChI=1S/C11H21N3S2/c1-5-8(3)10(12-6-2)7-15-11-13-9(4)14-16-11/h8,10,12H,5-7H2,1-4H3. The molecule has 92 valence electrons. The fourth-order valence-corrected chi connectivity index (χ4v) is 3.38. The van der Waals surface area contributed by atoms with E-state index in [9.17, 15) is 0 Å². The second kappa shape index (κ2) is 7.25. The van der Waals surface area contributed by atoms with E-state index in [-0.39, 0.29) is 0 Å². The second-order valence-electron chi connectivity index (χ2n) is 3.97. The first-order valence-corrected chi connectivity index (χ1v) is 7.59. The van der Waals surface area contributed by atoms with Crippen molar-refractivity contribution in [2.45, 2.75) is 44.5 Å². The minimum atomic E-state index is 0.573. The monoisotopic (exact) mass is 259 g/mol. The molecule has 0 amide bonds. The van der Waals surface area contributed by atoms with Crippen LogP contribution in [0, 0.1) is 12.8 Å². The third-order valence-corrected chi connectivity index (χ3v) is 4.74. The van der Waals surface area contributed by atoms with Crippen LogP contribution in [0.2, 0.25) is 0 Å². The highest BCUT2D eigenvalue weighted by Crippen LogP contribution is 2.23. The highest BCUT2D eigenvalue weighted by Gasteiger charge is 2.15. The number of hydrogen-bond donors (Lipinski definition) is 1. The number of aromatic nitrogens is 2. The Morgan fingerprint density at radius 1 is 1.44 bits per heavy atom. The van der Waals surface area contributed by atoms with Crippen molar-refractivity contribution in [1.82, 2.24) is 14.7 Å². The molecule has 1 N–H and O–H groups in total. The highest BCUT2D eigenvalue weighted by atomic mass is 32.2. The van der Waals surface area contributed by atoms with Gasteiger partial charge in [-0.05, 0) is 30.9 Å². The van der Waals surface area contributed by atoms with E-state index in [0.29, 0.717) is 12.0 Å². The van der Waals surface area contributed by atoms with E-state index in [2.05, 4.69) is 35.4 Å². The largest absolute Gasteiger partial charge is 0.313 e. The van der Waals surface area contributed by atoms with Crippen molar-refractivity contribution in [2.24, 2.45) is 5.92 Å². The van der Waals surface area contributed by atoms with Crippen LogP contribution in [-0.4, -0.2) is 27.7 Å². The van der Waals surface area contributed by atoms with E-state index in [1.165, 1.54) is 18.0 Å². The van der Waals surface area contributed by atoms with Crippen molar-refractivity contribution >= 4 is 23.3 Å². The number of hydrogen-bond acceptors (Lipinski definition) is 5. The molecule has 3 nitrogen and oxygen atoms in total. The van der Waals surface area contributed by atoms with E-state index in [1.54, 1.807) is 0 Å². The zero-order valence-corrected chi connectivity index (χ0v) is 12.1. The van der Waals surface area contributed by atoms with E-state index in [0.717, 1.165) is 22.5 Å². The maximum Gasteiger partial charge on any atom is 0.170 e. The van der Waals surface area contributed by atoms with Crippen LogP contribution in [0.5, 0.6) is 0 Å². The van der Waals surface area contributed by atoms with Crippen LogP contribution >= 0.6 is 23.3 Å². The average Bonchev–Trinajstić information content (AvgIpc) is 2.69. The van der Waals surface area contributed by atoms with Crippen LogP contribution in [0.4, 0.5) is 0 Å². The maximum absolute atomic E-state index is 4.37. The van der Waals surface area contributed by atoms with Gasteiger partial charge in [0.2, 0.25) is 0 Å². The summed E-state index contributed by atoms with van der Waals surface area (Å²) in [4.78, 5) is 4.37. The molecule has 0 aromatic carbocycles. The number of nitrogens with one attached hydrogen (secondary N) is 1. The summed E-state index contributed by atoms with van der Waals surface area (Å²) in [6.07, 6.45) is 1.22. The van der Waals surface area contributed by atoms with Gasteiger partial charge in [0.25, 0.3) is 0 Å². The molecule has 0 saturated carbocycles. The summed E-state index contributed by atoms with van der Waals surface area (Å²) in [5.41, 5.74) is 0. The predicted molar refractivity (Wildman–Crippen MR) is 72.3 cm³/mol. The molecule has 0 aliphatic carbocycles. The molecule has 0 aliphatic heterocycles. The van der Waals surface area contributed by atoms with Crippen LogP contribution in [-0.2, 0) is 0 Å². The Bertz CT molecular complexity index is 301. The van der Waals surface area contributed by atoms with Gasteiger partial charge < -0.3 is 5.32 Å². The molecule has 0 radical (unpaired) electrons. The SMILES string of the molecule is CCNC(CSc1nc(C)ns1)C(C)CC. The average molecular weight is 259 g/mol. The normalized spacial score (nSPS) is 15.0. The number of aryl methyl sites for hydroxylation is 1. The molecule has 5 heteroatoms. The lowest BCUT2D eigenvalue weighted by molar-refractivity contribution is 0.404. The summed E-state index contributed by atoms with van der Waals surface area (Å²) in [6.45, 7) is 9.69. The smallest absolute Gasteiger partial charge is 0.170 e. The van der Waals surface area contributed by atoms with E-state index >= 15 is 0 Å². The molecular formula is C11H21N3S2. The molecule has 1 aromatic heterocycles. The molecule has 0 aliphatic rings. The summed E-state index contributed by atoms with van der Waals surface area (Å²) >= 11 is 3.32. The van der Waals surface area contributed by atoms with Crippen LogP contribution in [0.25, 0.3) is 0 Å². The quantitative estimate of drug-likeness (QED) is 0.764. The van der Waals surface area contributed by atoms with E-state index in [1.807, 2.05) is 18.7 Å². The number of rotatable bonds is 7. The van der Waals surface area contributed by atoms with Crippen molar-refractivity contribution < 1.29 is 0 Å². The summed E-state index contributed by atoms with van der Waals surface area (Å²) in [5, 5.41) is 3.55. The number of nitrogens with zero attached hydrogens (tertiary/aromatic N) is 2. The number of thioether (sulfide) groups is 1. The minimum Gasteiger partial charge on any atom is -0.313 e. The van der Waals surface area contributed by atoms with Gasteiger partial charge in [-0.15, -0.1) is 0 Å². The first-order valence-electron chi connectivity index (χ1n) is 5.83. The molecular weight excluding hydrogens is 238 g/mol. The molecule has 2 atom stereocenters. The Hall–Kier alpha value is -0.130. The Labute approximate surface area is 107 Å². The molecule has 0 bridgehead atoms. The Morgan fingerprint density at radius 3 is 2.69 bits per heavy atom. The summed E-state index contributed by atoms with van der Waals surface area (Å²) in [5.74, 6) is 2.68. The molecule has 0 fully saturated rings. The summed E-state index contributed by atoms with van der Waals surface area (Å²) < 4.78 is 5.28. The van der Waals surface area contributed by atoms with Gasteiger partial charge in [0, 0.05) is 11.8 Å². The maximum atomic E-state index is 4.37. The molecule has 0 spiro atoms. The summed E-state index contributed by atoms with van der Waals surface area (Å²) in [6, 6.07) is 0.573. The fourth-order valence-electron chi connectivity index (χ4n) is 1.47. The molecule has 1 heterocycles. The van der Waals surface area contributed by atoms with Crippen LogP contribution in [0.1, 0.15) is 33.0 Å². The van der Waals surface area contributed by atoms with Gasteiger partial charge in [-0.25, -0.2) is 4.98 Å². The van der Waals surface area contributed by atoms with Crippen molar-refractivity contribution in [2.75, 3.05) is 12.3 Å². The molecule has 0 saturated heterocycles. The van der Waals surface area contributed by atoms with Crippen LogP contribution < -0.4 is 5.32 Å². The predicted octanol–water partition coefficient (Wildman–Crippen LogP) is 2.96. The first kappa shape index (κ1) is 13.9. The van der Waals surface area contributed by atoms with Crippen LogP contribution in [0.15, 0.2) is 4.34 Å². The lowest BCUT2D eigenvalue weighted by Crippen LogP contribution is -2.36. The molecule has 1 rings (SSSR count). The second-order valence-corrected chi connectivity index (χ2v) is 5.99. The first-order chi connectivity index (χ1) is 7.67. The zero-order chi connectivity index (χ0) is 12.0. The van der Waals surface area contributed by atoms with E-state index < -0.39 is 0 Å². The third-order valence-electron chi connectivity index (χ3n) is 2.69. The molecule has 1 aromatic rings. The van der Waals surface area contributed by atoms with Gasteiger partial charge >= 0.3 is 0 Å². The van der Waals surface area contributed by atoms with Crippen molar-refractivity contribution in [3.63, 3.8) is 0 Å². The van der Waals surface area contributed by atoms with Gasteiger partial charge in [-0.2, -0.15) is 4.37 Å². The van der Waals surface area contributed by atoms with Gasteiger partial charge in [0.1, 0.15) is 5.82 Å². The lowest BCUT2D eigenvalue weighted by atomic mass is 10.0. The highest BCUT2D eigenvalue weighted by molar-refractivity contribution is 8.00. The van der Waals surface area contributed by atoms with Crippen LogP contribution in [0.3, 0.4) is 0 Å². The van der Waals surface area contributed by atoms with Gasteiger partial charge in [-0.3, -0.25) is 0 Å². The van der Waals surface area contributed by atoms with Gasteiger partial charge in [0.05, 0.1) is 0 Å². The topological polar surface area (TPSA) is 37.8 Å². The van der Waals surface area contributed by atoms with Gasteiger partial charge in [-0.1, -0.05) is 39.0 Å². The third kappa shape index (κ3) is 4.39. The van der Waals surface area contributed by atoms with Crippen molar-refractivity contribution in [1.29, 1.82) is 0 Å². The summed E-state index contributed by atoms with van der Waals surface area (Å²) in [7, 11) is 0. The molecule has 16 heavy (non-hydrogen) atoms. The van der Waals surface area contributed by atoms with Crippen molar-refractivity contribution in [3.05, 3.63) is 5.82 Å². The Morgan fingerprint density at radius 2 is 2.19 bits per heavy atom.